The Labute approximate surface area is 55.6 Å². The van der Waals surface area contributed by atoms with E-state index in [9.17, 15) is 0 Å². The molecule has 1 aliphatic rings. The highest BCUT2D eigenvalue weighted by molar-refractivity contribution is 5.28. The van der Waals surface area contributed by atoms with Crippen LogP contribution in [0.1, 0.15) is 6.92 Å². The minimum Gasteiger partial charge on any atom is -0.389 e. The van der Waals surface area contributed by atoms with Crippen LogP contribution < -0.4 is 10.6 Å². The van der Waals surface area contributed by atoms with Crippen LogP contribution in [-0.2, 0) is 0 Å². The number of dihydropyridines is 1. The predicted molar refractivity (Wildman–Crippen MR) is 38.3 cm³/mol. The molecule has 2 N–H and O–H groups in total. The maximum Gasteiger partial charge on any atom is 0.102 e. The Bertz CT molecular complexity index is 147. The minimum absolute atomic E-state index is 1.15. The molecule has 0 spiro atoms. The minimum atomic E-state index is 1.15. The second kappa shape index (κ2) is 2.58. The standard InChI is InChI=1S/C7H11N2/c1-6-7(8-2)4-3-5-9-6/h3-5,8-9H,1-2H3. The summed E-state index contributed by atoms with van der Waals surface area (Å²) in [5.74, 6) is 0. The van der Waals surface area contributed by atoms with E-state index in [1.807, 2.05) is 32.3 Å². The maximum atomic E-state index is 3.09. The van der Waals surface area contributed by atoms with Crippen molar-refractivity contribution in [2.75, 3.05) is 7.05 Å². The molecule has 2 heteroatoms. The van der Waals surface area contributed by atoms with Crippen LogP contribution in [0.5, 0.6) is 0 Å². The summed E-state index contributed by atoms with van der Waals surface area (Å²) < 4.78 is 0. The summed E-state index contributed by atoms with van der Waals surface area (Å²) in [5, 5.41) is 6.15. The molecule has 0 unspecified atom stereocenters. The van der Waals surface area contributed by atoms with Gasteiger partial charge in [-0.15, -0.1) is 0 Å². The van der Waals surface area contributed by atoms with Gasteiger partial charge in [-0.05, 0) is 25.3 Å². The normalized spacial score (nSPS) is 18.7. The summed E-state index contributed by atoms with van der Waals surface area (Å²) in [4.78, 5) is 0. The quantitative estimate of drug-likeness (QED) is 0.538. The molecule has 49 valence electrons. The van der Waals surface area contributed by atoms with Crippen LogP contribution in [0.4, 0.5) is 0 Å². The van der Waals surface area contributed by atoms with E-state index in [0.29, 0.717) is 0 Å². The molecule has 0 saturated heterocycles. The zero-order valence-corrected chi connectivity index (χ0v) is 5.73. The van der Waals surface area contributed by atoms with Gasteiger partial charge in [0.2, 0.25) is 0 Å². The molecule has 0 aromatic carbocycles. The van der Waals surface area contributed by atoms with Gasteiger partial charge in [-0.3, -0.25) is 0 Å². The van der Waals surface area contributed by atoms with Crippen molar-refractivity contribution >= 4 is 0 Å². The van der Waals surface area contributed by atoms with Crippen molar-refractivity contribution in [2.45, 2.75) is 6.92 Å². The van der Waals surface area contributed by atoms with Crippen molar-refractivity contribution < 1.29 is 0 Å². The van der Waals surface area contributed by atoms with Gasteiger partial charge in [-0.1, -0.05) is 0 Å². The van der Waals surface area contributed by atoms with Gasteiger partial charge in [0.15, 0.2) is 0 Å². The van der Waals surface area contributed by atoms with Gasteiger partial charge in [0.1, 0.15) is 6.04 Å². The van der Waals surface area contributed by atoms with E-state index in [2.05, 4.69) is 10.6 Å². The fourth-order valence-electron chi connectivity index (χ4n) is 0.791. The van der Waals surface area contributed by atoms with Gasteiger partial charge in [-0.2, -0.15) is 0 Å². The molecule has 0 aromatic rings. The van der Waals surface area contributed by atoms with Gasteiger partial charge in [0.05, 0.1) is 0 Å². The Kier molecular flexibility index (Phi) is 1.78. The largest absolute Gasteiger partial charge is 0.389 e. The van der Waals surface area contributed by atoms with Crippen LogP contribution in [0.15, 0.2) is 24.0 Å². The highest BCUT2D eigenvalue weighted by Crippen LogP contribution is 2.08. The van der Waals surface area contributed by atoms with E-state index in [1.54, 1.807) is 0 Å². The van der Waals surface area contributed by atoms with Gasteiger partial charge in [-0.25, -0.2) is 0 Å². The monoisotopic (exact) mass is 123 g/mol. The van der Waals surface area contributed by atoms with Gasteiger partial charge >= 0.3 is 0 Å². The topological polar surface area (TPSA) is 24.1 Å². The number of hydrogen-bond donors (Lipinski definition) is 2. The molecular weight excluding hydrogens is 112 g/mol. The number of hydrogen-bond acceptors (Lipinski definition) is 2. The Hall–Kier alpha value is -0.920. The van der Waals surface area contributed by atoms with E-state index < -0.39 is 0 Å². The van der Waals surface area contributed by atoms with E-state index >= 15 is 0 Å². The summed E-state index contributed by atoms with van der Waals surface area (Å²) >= 11 is 0. The molecule has 9 heavy (non-hydrogen) atoms. The third-order valence-electron chi connectivity index (χ3n) is 1.33. The molecule has 1 aliphatic heterocycles. The Balaban J connectivity index is 2.63. The highest BCUT2D eigenvalue weighted by atomic mass is 15.0. The average Bonchev–Trinajstić information content (AvgIpc) is 1.89. The van der Waals surface area contributed by atoms with Gasteiger partial charge in [0, 0.05) is 12.7 Å². The van der Waals surface area contributed by atoms with E-state index in [-0.39, 0.29) is 0 Å². The molecule has 0 amide bonds. The molecule has 2 nitrogen and oxygen atoms in total. The summed E-state index contributed by atoms with van der Waals surface area (Å²) in [5.41, 5.74) is 1.15. The SMILES string of the molecule is CNC1=CC=CN[C]1C. The summed E-state index contributed by atoms with van der Waals surface area (Å²) in [6.07, 6.45) is 5.92. The molecule has 1 heterocycles. The first-order chi connectivity index (χ1) is 4.34. The fourth-order valence-corrected chi connectivity index (χ4v) is 0.791. The van der Waals surface area contributed by atoms with Crippen molar-refractivity contribution in [2.24, 2.45) is 0 Å². The molecule has 0 saturated carbocycles. The number of nitrogens with one attached hydrogen (secondary N) is 2. The van der Waals surface area contributed by atoms with Crippen molar-refractivity contribution in [1.82, 2.24) is 10.6 Å². The van der Waals surface area contributed by atoms with Crippen LogP contribution in [0.25, 0.3) is 0 Å². The predicted octanol–water partition coefficient (Wildman–Crippen LogP) is 0.758. The number of allylic oxidation sites excluding steroid dienone is 2. The number of rotatable bonds is 1. The second-order valence-electron chi connectivity index (χ2n) is 1.96. The molecule has 1 rings (SSSR count). The highest BCUT2D eigenvalue weighted by Gasteiger charge is 2.06. The first-order valence-corrected chi connectivity index (χ1v) is 2.99. The van der Waals surface area contributed by atoms with Gasteiger partial charge < -0.3 is 10.6 Å². The van der Waals surface area contributed by atoms with Crippen LogP contribution in [0.3, 0.4) is 0 Å². The van der Waals surface area contributed by atoms with Crippen LogP contribution >= 0.6 is 0 Å². The Morgan fingerprint density at radius 1 is 1.56 bits per heavy atom. The van der Waals surface area contributed by atoms with Crippen LogP contribution in [0, 0.1) is 6.04 Å². The molecular formula is C7H11N2. The molecule has 0 bridgehead atoms. The first kappa shape index (κ1) is 6.20. The smallest absolute Gasteiger partial charge is 0.102 e. The Morgan fingerprint density at radius 2 is 2.33 bits per heavy atom. The van der Waals surface area contributed by atoms with Gasteiger partial charge in [0.25, 0.3) is 0 Å². The fraction of sp³-hybridized carbons (Fsp3) is 0.286. The summed E-state index contributed by atoms with van der Waals surface area (Å²) in [6.45, 7) is 2.03. The number of likely N-dealkylation sites (N-methyl/N-ethyl adjacent to an activating group) is 1. The summed E-state index contributed by atoms with van der Waals surface area (Å²) in [6, 6.07) is 1.17. The Morgan fingerprint density at radius 3 is 2.78 bits per heavy atom. The first-order valence-electron chi connectivity index (χ1n) is 2.99. The van der Waals surface area contributed by atoms with Crippen molar-refractivity contribution in [1.29, 1.82) is 0 Å². The molecule has 1 radical (unpaired) electrons. The molecule has 0 aliphatic carbocycles. The third kappa shape index (κ3) is 1.25. The van der Waals surface area contributed by atoms with Crippen molar-refractivity contribution in [3.63, 3.8) is 0 Å². The van der Waals surface area contributed by atoms with E-state index in [4.69, 9.17) is 0 Å². The lowest BCUT2D eigenvalue weighted by Gasteiger charge is -2.16. The maximum absolute atomic E-state index is 3.09. The molecule has 0 fully saturated rings. The van der Waals surface area contributed by atoms with Crippen molar-refractivity contribution in [3.05, 3.63) is 30.1 Å². The average molecular weight is 123 g/mol. The lowest BCUT2D eigenvalue weighted by molar-refractivity contribution is 0.808. The lowest BCUT2D eigenvalue weighted by Crippen LogP contribution is -2.23. The zero-order valence-electron chi connectivity index (χ0n) is 5.73. The second-order valence-corrected chi connectivity index (χ2v) is 1.96. The van der Waals surface area contributed by atoms with E-state index in [0.717, 1.165) is 5.70 Å². The zero-order chi connectivity index (χ0) is 6.69. The lowest BCUT2D eigenvalue weighted by atomic mass is 10.2. The van der Waals surface area contributed by atoms with Crippen LogP contribution in [0.2, 0.25) is 0 Å². The molecule has 0 aromatic heterocycles. The third-order valence-corrected chi connectivity index (χ3v) is 1.33. The van der Waals surface area contributed by atoms with Crippen LogP contribution in [-0.4, -0.2) is 7.05 Å². The van der Waals surface area contributed by atoms with E-state index in [1.165, 1.54) is 6.04 Å². The molecule has 0 atom stereocenters. The summed E-state index contributed by atoms with van der Waals surface area (Å²) in [7, 11) is 1.91. The van der Waals surface area contributed by atoms with Crippen molar-refractivity contribution in [3.8, 4) is 0 Å².